The second kappa shape index (κ2) is 5.17. The van der Waals surface area contributed by atoms with E-state index in [-0.39, 0.29) is 6.61 Å². The number of aliphatic hydroxyl groups excluding tert-OH is 1. The highest BCUT2D eigenvalue weighted by atomic mass is 32.2. The molecule has 7 nitrogen and oxygen atoms in total. The quantitative estimate of drug-likeness (QED) is 0.763. The van der Waals surface area contributed by atoms with Crippen LogP contribution < -0.4 is 4.90 Å². The molecule has 0 atom stereocenters. The van der Waals surface area contributed by atoms with Gasteiger partial charge in [-0.25, -0.2) is 8.42 Å². The Morgan fingerprint density at radius 2 is 1.89 bits per heavy atom. The van der Waals surface area contributed by atoms with Gasteiger partial charge in [-0.3, -0.25) is 0 Å². The molecule has 2 heterocycles. The maximum Gasteiger partial charge on any atom is 0.211 e. The van der Waals surface area contributed by atoms with E-state index in [0.29, 0.717) is 37.7 Å². The lowest BCUT2D eigenvalue weighted by atomic mass is 10.3. The molecule has 0 aromatic carbocycles. The summed E-state index contributed by atoms with van der Waals surface area (Å²) in [5.74, 6) is 0.709. The monoisotopic (exact) mass is 272 g/mol. The first-order valence-corrected chi connectivity index (χ1v) is 7.49. The van der Waals surface area contributed by atoms with Gasteiger partial charge in [0, 0.05) is 26.2 Å². The van der Waals surface area contributed by atoms with Crippen LogP contribution in [-0.4, -0.2) is 60.5 Å². The van der Waals surface area contributed by atoms with Crippen LogP contribution >= 0.6 is 0 Å². The Bertz CT molecular complexity index is 494. The largest absolute Gasteiger partial charge is 0.390 e. The Kier molecular flexibility index (Phi) is 3.79. The van der Waals surface area contributed by atoms with Crippen LogP contribution in [0.1, 0.15) is 5.69 Å². The van der Waals surface area contributed by atoms with Gasteiger partial charge in [-0.05, 0) is 12.1 Å². The number of rotatable bonds is 3. The van der Waals surface area contributed by atoms with Gasteiger partial charge >= 0.3 is 0 Å². The molecule has 18 heavy (non-hydrogen) atoms. The number of aliphatic hydroxyl groups is 1. The van der Waals surface area contributed by atoms with Gasteiger partial charge in [-0.2, -0.15) is 9.40 Å². The zero-order chi connectivity index (χ0) is 13.2. The summed E-state index contributed by atoms with van der Waals surface area (Å²) in [5, 5.41) is 16.7. The smallest absolute Gasteiger partial charge is 0.211 e. The Morgan fingerprint density at radius 1 is 1.22 bits per heavy atom. The van der Waals surface area contributed by atoms with Crippen molar-refractivity contribution >= 4 is 15.8 Å². The SMILES string of the molecule is CS(=O)(=O)N1CCN(c2ccc(CO)nn2)CC1. The molecule has 0 amide bonds. The van der Waals surface area contributed by atoms with Crippen molar-refractivity contribution in [2.75, 3.05) is 37.3 Å². The molecule has 0 aliphatic carbocycles. The number of aromatic nitrogens is 2. The Morgan fingerprint density at radius 3 is 2.33 bits per heavy atom. The van der Waals surface area contributed by atoms with Crippen LogP contribution in [0.5, 0.6) is 0 Å². The van der Waals surface area contributed by atoms with Crippen molar-refractivity contribution in [1.29, 1.82) is 0 Å². The number of hydrogen-bond donors (Lipinski definition) is 1. The first kappa shape index (κ1) is 13.2. The average molecular weight is 272 g/mol. The number of piperazine rings is 1. The average Bonchev–Trinajstić information content (AvgIpc) is 2.38. The standard InChI is InChI=1S/C10H16N4O3S/c1-18(16,17)14-6-4-13(5-7-14)10-3-2-9(8-15)11-12-10/h2-3,15H,4-8H2,1H3. The summed E-state index contributed by atoms with van der Waals surface area (Å²) in [5.41, 5.74) is 0.522. The Hall–Kier alpha value is -1.25. The van der Waals surface area contributed by atoms with Gasteiger partial charge in [-0.1, -0.05) is 0 Å². The van der Waals surface area contributed by atoms with E-state index < -0.39 is 10.0 Å². The van der Waals surface area contributed by atoms with E-state index in [0.717, 1.165) is 0 Å². The third-order valence-electron chi connectivity index (χ3n) is 2.90. The minimum Gasteiger partial charge on any atom is -0.390 e. The molecule has 1 aliphatic rings. The minimum atomic E-state index is -3.10. The van der Waals surface area contributed by atoms with Crippen LogP contribution in [0.2, 0.25) is 0 Å². The third kappa shape index (κ3) is 2.95. The second-order valence-electron chi connectivity index (χ2n) is 4.19. The fourth-order valence-corrected chi connectivity index (χ4v) is 2.68. The minimum absolute atomic E-state index is 0.130. The summed E-state index contributed by atoms with van der Waals surface area (Å²) in [4.78, 5) is 1.98. The van der Waals surface area contributed by atoms with Crippen molar-refractivity contribution < 1.29 is 13.5 Å². The summed E-state index contributed by atoms with van der Waals surface area (Å²) in [6, 6.07) is 3.50. The Balaban J connectivity index is 2.01. The van der Waals surface area contributed by atoms with Crippen LogP contribution in [0.4, 0.5) is 5.82 Å². The fourth-order valence-electron chi connectivity index (χ4n) is 1.85. The number of nitrogens with zero attached hydrogens (tertiary/aromatic N) is 4. The lowest BCUT2D eigenvalue weighted by Gasteiger charge is -2.33. The molecule has 1 aliphatic heterocycles. The summed E-state index contributed by atoms with van der Waals surface area (Å²) < 4.78 is 24.2. The topological polar surface area (TPSA) is 86.6 Å². The molecule has 2 rings (SSSR count). The molecule has 0 spiro atoms. The van der Waals surface area contributed by atoms with E-state index in [1.165, 1.54) is 10.6 Å². The van der Waals surface area contributed by atoms with E-state index in [4.69, 9.17) is 5.11 Å². The molecule has 1 aromatic rings. The van der Waals surface area contributed by atoms with Crippen LogP contribution in [0.15, 0.2) is 12.1 Å². The lowest BCUT2D eigenvalue weighted by Crippen LogP contribution is -2.48. The number of anilines is 1. The zero-order valence-electron chi connectivity index (χ0n) is 10.2. The van der Waals surface area contributed by atoms with Gasteiger partial charge in [-0.15, -0.1) is 5.10 Å². The Labute approximate surface area is 106 Å². The van der Waals surface area contributed by atoms with Gasteiger partial charge in [0.15, 0.2) is 5.82 Å². The molecule has 0 unspecified atom stereocenters. The van der Waals surface area contributed by atoms with Gasteiger partial charge in [0.2, 0.25) is 10.0 Å². The summed E-state index contributed by atoms with van der Waals surface area (Å²) >= 11 is 0. The van der Waals surface area contributed by atoms with Gasteiger partial charge in [0.1, 0.15) is 0 Å². The molecule has 0 radical (unpaired) electrons. The molecule has 0 bridgehead atoms. The first-order chi connectivity index (χ1) is 8.50. The van der Waals surface area contributed by atoms with Crippen LogP contribution in [0, 0.1) is 0 Å². The predicted octanol–water partition coefficient (Wildman–Crippen LogP) is -0.949. The molecule has 1 fully saturated rings. The van der Waals surface area contributed by atoms with Crippen molar-refractivity contribution in [3.05, 3.63) is 17.8 Å². The molecule has 1 aromatic heterocycles. The van der Waals surface area contributed by atoms with Crippen LogP contribution in [0.25, 0.3) is 0 Å². The maximum atomic E-state index is 11.4. The van der Waals surface area contributed by atoms with E-state index in [1.54, 1.807) is 12.1 Å². The van der Waals surface area contributed by atoms with Crippen molar-refractivity contribution in [2.24, 2.45) is 0 Å². The fraction of sp³-hybridized carbons (Fsp3) is 0.600. The predicted molar refractivity (Wildman–Crippen MR) is 66.6 cm³/mol. The van der Waals surface area contributed by atoms with E-state index in [9.17, 15) is 8.42 Å². The maximum absolute atomic E-state index is 11.4. The molecule has 100 valence electrons. The molecule has 1 saturated heterocycles. The number of hydrogen-bond acceptors (Lipinski definition) is 6. The normalized spacial score (nSPS) is 18.0. The van der Waals surface area contributed by atoms with Crippen LogP contribution in [-0.2, 0) is 16.6 Å². The second-order valence-corrected chi connectivity index (χ2v) is 6.17. The highest BCUT2D eigenvalue weighted by Crippen LogP contribution is 2.14. The molecule has 8 heteroatoms. The highest BCUT2D eigenvalue weighted by Gasteiger charge is 2.24. The summed E-state index contributed by atoms with van der Waals surface area (Å²) in [6.45, 7) is 1.99. The van der Waals surface area contributed by atoms with E-state index in [2.05, 4.69) is 10.2 Å². The van der Waals surface area contributed by atoms with Gasteiger partial charge in [0.25, 0.3) is 0 Å². The molecule has 1 N–H and O–H groups in total. The number of sulfonamides is 1. The van der Waals surface area contributed by atoms with Crippen molar-refractivity contribution in [2.45, 2.75) is 6.61 Å². The first-order valence-electron chi connectivity index (χ1n) is 5.64. The third-order valence-corrected chi connectivity index (χ3v) is 4.20. The van der Waals surface area contributed by atoms with E-state index >= 15 is 0 Å². The van der Waals surface area contributed by atoms with Gasteiger partial charge < -0.3 is 10.0 Å². The lowest BCUT2D eigenvalue weighted by molar-refractivity contribution is 0.275. The highest BCUT2D eigenvalue weighted by molar-refractivity contribution is 7.88. The van der Waals surface area contributed by atoms with Crippen molar-refractivity contribution in [3.63, 3.8) is 0 Å². The van der Waals surface area contributed by atoms with Crippen molar-refractivity contribution in [3.8, 4) is 0 Å². The molecular formula is C10H16N4O3S. The van der Waals surface area contributed by atoms with Crippen molar-refractivity contribution in [1.82, 2.24) is 14.5 Å². The zero-order valence-corrected chi connectivity index (χ0v) is 11.0. The summed E-state index contributed by atoms with van der Waals surface area (Å²) in [6.07, 6.45) is 1.22. The van der Waals surface area contributed by atoms with Crippen LogP contribution in [0.3, 0.4) is 0 Å². The summed E-state index contributed by atoms with van der Waals surface area (Å²) in [7, 11) is -3.10. The van der Waals surface area contributed by atoms with Gasteiger partial charge in [0.05, 0.1) is 18.6 Å². The van der Waals surface area contributed by atoms with E-state index in [1.807, 2.05) is 4.90 Å². The molecular weight excluding hydrogens is 256 g/mol. The molecule has 0 saturated carbocycles.